The van der Waals surface area contributed by atoms with Crippen molar-refractivity contribution in [3.63, 3.8) is 0 Å². The monoisotopic (exact) mass is 247 g/mol. The van der Waals surface area contributed by atoms with E-state index in [0.717, 1.165) is 24.8 Å². The Morgan fingerprint density at radius 1 is 1.28 bits per heavy atom. The third-order valence-corrected chi connectivity index (χ3v) is 4.34. The number of nitrogens with one attached hydrogen (secondary N) is 1. The van der Waals surface area contributed by atoms with Gasteiger partial charge in [-0.05, 0) is 49.3 Å². The number of aromatic hydroxyl groups is 1. The van der Waals surface area contributed by atoms with Gasteiger partial charge in [-0.2, -0.15) is 0 Å². The largest absolute Gasteiger partial charge is 0.508 e. The molecule has 2 unspecified atom stereocenters. The topological polar surface area (TPSA) is 32.3 Å². The molecular formula is C16H25NO. The maximum atomic E-state index is 10.2. The van der Waals surface area contributed by atoms with Gasteiger partial charge in [0.1, 0.15) is 5.75 Å². The van der Waals surface area contributed by atoms with Gasteiger partial charge in [0.25, 0.3) is 0 Å². The van der Waals surface area contributed by atoms with Gasteiger partial charge in [-0.15, -0.1) is 0 Å². The zero-order valence-electron chi connectivity index (χ0n) is 12.0. The molecule has 0 fully saturated rings. The molecule has 1 aromatic rings. The number of aryl methyl sites for hydroxylation is 1. The lowest BCUT2D eigenvalue weighted by atomic mass is 9.97. The molecule has 0 spiro atoms. The average Bonchev–Trinajstić information content (AvgIpc) is 2.69. The first-order valence-corrected chi connectivity index (χ1v) is 7.16. The molecule has 1 aromatic carbocycles. The van der Waals surface area contributed by atoms with Gasteiger partial charge in [0, 0.05) is 17.6 Å². The van der Waals surface area contributed by atoms with Crippen molar-refractivity contribution in [2.24, 2.45) is 0 Å². The van der Waals surface area contributed by atoms with E-state index in [1.54, 1.807) is 0 Å². The zero-order chi connectivity index (χ0) is 13.3. The Morgan fingerprint density at radius 3 is 2.56 bits per heavy atom. The summed E-state index contributed by atoms with van der Waals surface area (Å²) >= 11 is 0. The van der Waals surface area contributed by atoms with Crippen LogP contribution in [0, 0.1) is 6.92 Å². The van der Waals surface area contributed by atoms with E-state index >= 15 is 0 Å². The summed E-state index contributed by atoms with van der Waals surface area (Å²) in [6, 6.07) is 4.74. The Morgan fingerprint density at radius 2 is 1.94 bits per heavy atom. The SMILES string of the molecule is CCC(CC)NC1CC(C)c2c(C)ccc(O)c21. The molecule has 2 heteroatoms. The van der Waals surface area contributed by atoms with Gasteiger partial charge in [-0.1, -0.05) is 26.8 Å². The third kappa shape index (κ3) is 2.26. The van der Waals surface area contributed by atoms with E-state index in [9.17, 15) is 5.11 Å². The summed E-state index contributed by atoms with van der Waals surface area (Å²) in [5.74, 6) is 1.00. The highest BCUT2D eigenvalue weighted by Gasteiger charge is 2.32. The van der Waals surface area contributed by atoms with Crippen molar-refractivity contribution < 1.29 is 5.11 Å². The van der Waals surface area contributed by atoms with Gasteiger partial charge >= 0.3 is 0 Å². The van der Waals surface area contributed by atoms with E-state index in [2.05, 4.69) is 33.0 Å². The number of hydrogen-bond acceptors (Lipinski definition) is 2. The number of phenols is 1. The molecule has 0 aromatic heterocycles. The van der Waals surface area contributed by atoms with Gasteiger partial charge in [0.15, 0.2) is 0 Å². The van der Waals surface area contributed by atoms with Crippen molar-refractivity contribution in [2.75, 3.05) is 0 Å². The highest BCUT2D eigenvalue weighted by molar-refractivity contribution is 5.50. The first kappa shape index (κ1) is 13.4. The first-order valence-electron chi connectivity index (χ1n) is 7.16. The fourth-order valence-corrected chi connectivity index (χ4v) is 3.30. The minimum absolute atomic E-state index is 0.319. The van der Waals surface area contributed by atoms with Gasteiger partial charge in [0.05, 0.1) is 0 Å². The minimum Gasteiger partial charge on any atom is -0.508 e. The van der Waals surface area contributed by atoms with Crippen LogP contribution in [0.3, 0.4) is 0 Å². The number of phenolic OH excluding ortho intramolecular Hbond substituents is 1. The minimum atomic E-state index is 0.319. The van der Waals surface area contributed by atoms with E-state index in [-0.39, 0.29) is 0 Å². The molecule has 0 heterocycles. The highest BCUT2D eigenvalue weighted by Crippen LogP contribution is 2.46. The Bertz CT molecular complexity index is 423. The van der Waals surface area contributed by atoms with Crippen molar-refractivity contribution in [3.05, 3.63) is 28.8 Å². The quantitative estimate of drug-likeness (QED) is 0.842. The fraction of sp³-hybridized carbons (Fsp3) is 0.625. The van der Waals surface area contributed by atoms with Crippen LogP contribution in [0.4, 0.5) is 0 Å². The zero-order valence-corrected chi connectivity index (χ0v) is 12.0. The van der Waals surface area contributed by atoms with Crippen LogP contribution in [0.5, 0.6) is 5.75 Å². The Balaban J connectivity index is 2.32. The van der Waals surface area contributed by atoms with Crippen LogP contribution < -0.4 is 5.32 Å². The highest BCUT2D eigenvalue weighted by atomic mass is 16.3. The molecule has 1 aliphatic rings. The summed E-state index contributed by atoms with van der Waals surface area (Å²) in [6.07, 6.45) is 3.39. The maximum absolute atomic E-state index is 10.2. The van der Waals surface area contributed by atoms with Crippen molar-refractivity contribution in [2.45, 2.75) is 65.0 Å². The van der Waals surface area contributed by atoms with Gasteiger partial charge < -0.3 is 10.4 Å². The van der Waals surface area contributed by atoms with E-state index in [0.29, 0.717) is 23.8 Å². The summed E-state index contributed by atoms with van der Waals surface area (Å²) in [5, 5.41) is 13.9. The third-order valence-electron chi connectivity index (χ3n) is 4.34. The predicted molar refractivity (Wildman–Crippen MR) is 76.1 cm³/mol. The molecule has 18 heavy (non-hydrogen) atoms. The van der Waals surface area contributed by atoms with Crippen molar-refractivity contribution >= 4 is 0 Å². The second-order valence-electron chi connectivity index (χ2n) is 5.60. The molecular weight excluding hydrogens is 222 g/mol. The van der Waals surface area contributed by atoms with Crippen LogP contribution >= 0.6 is 0 Å². The molecule has 100 valence electrons. The van der Waals surface area contributed by atoms with E-state index in [4.69, 9.17) is 0 Å². The molecule has 0 saturated carbocycles. The van der Waals surface area contributed by atoms with Crippen LogP contribution in [0.15, 0.2) is 12.1 Å². The number of fused-ring (bicyclic) bond motifs is 1. The Hall–Kier alpha value is -1.02. The molecule has 0 bridgehead atoms. The van der Waals surface area contributed by atoms with E-state index in [1.165, 1.54) is 11.1 Å². The standard InChI is InChI=1S/C16H25NO/c1-5-12(6-2)17-13-9-11(4)15-10(3)7-8-14(18)16(13)15/h7-8,11-13,17-18H,5-6,9H2,1-4H3. The van der Waals surface area contributed by atoms with Crippen LogP contribution in [0.1, 0.15) is 68.7 Å². The fourth-order valence-electron chi connectivity index (χ4n) is 3.30. The molecule has 1 aliphatic carbocycles. The summed E-state index contributed by atoms with van der Waals surface area (Å²) < 4.78 is 0. The second kappa shape index (κ2) is 5.31. The summed E-state index contributed by atoms with van der Waals surface area (Å²) in [4.78, 5) is 0. The molecule has 0 saturated heterocycles. The Kier molecular flexibility index (Phi) is 3.96. The van der Waals surface area contributed by atoms with Crippen molar-refractivity contribution in [1.82, 2.24) is 5.32 Å². The summed E-state index contributed by atoms with van der Waals surface area (Å²) in [6.45, 7) is 8.85. The van der Waals surface area contributed by atoms with Gasteiger partial charge in [-0.25, -0.2) is 0 Å². The van der Waals surface area contributed by atoms with E-state index < -0.39 is 0 Å². The van der Waals surface area contributed by atoms with Crippen LogP contribution in [-0.4, -0.2) is 11.1 Å². The number of rotatable bonds is 4. The predicted octanol–water partition coefficient (Wildman–Crippen LogP) is 4.03. The average molecular weight is 247 g/mol. The van der Waals surface area contributed by atoms with Gasteiger partial charge in [-0.3, -0.25) is 0 Å². The van der Waals surface area contributed by atoms with Crippen LogP contribution in [0.25, 0.3) is 0 Å². The smallest absolute Gasteiger partial charge is 0.120 e. The molecule has 2 atom stereocenters. The van der Waals surface area contributed by atoms with Crippen LogP contribution in [0.2, 0.25) is 0 Å². The lowest BCUT2D eigenvalue weighted by molar-refractivity contribution is 0.391. The lowest BCUT2D eigenvalue weighted by Gasteiger charge is -2.22. The molecule has 0 aliphatic heterocycles. The second-order valence-corrected chi connectivity index (χ2v) is 5.60. The Labute approximate surface area is 110 Å². The molecule has 2 nitrogen and oxygen atoms in total. The van der Waals surface area contributed by atoms with Gasteiger partial charge in [0.2, 0.25) is 0 Å². The summed E-state index contributed by atoms with van der Waals surface area (Å²) in [7, 11) is 0. The van der Waals surface area contributed by atoms with E-state index in [1.807, 2.05) is 12.1 Å². The van der Waals surface area contributed by atoms with Crippen molar-refractivity contribution in [3.8, 4) is 5.75 Å². The first-order chi connectivity index (χ1) is 8.58. The van der Waals surface area contributed by atoms with Crippen LogP contribution in [-0.2, 0) is 0 Å². The van der Waals surface area contributed by atoms with Crippen molar-refractivity contribution in [1.29, 1.82) is 0 Å². The molecule has 0 radical (unpaired) electrons. The molecule has 2 N–H and O–H groups in total. The maximum Gasteiger partial charge on any atom is 0.120 e. The molecule has 0 amide bonds. The molecule has 2 rings (SSSR count). The summed E-state index contributed by atoms with van der Waals surface area (Å²) in [5.41, 5.74) is 3.82. The lowest BCUT2D eigenvalue weighted by Crippen LogP contribution is -2.30. The number of benzene rings is 1. The number of hydrogen-bond donors (Lipinski definition) is 2. The normalized spacial score (nSPS) is 22.5.